The largest absolute Gasteiger partial charge is 0.495 e. The van der Waals surface area contributed by atoms with E-state index in [9.17, 15) is 4.79 Å². The van der Waals surface area contributed by atoms with Gasteiger partial charge in [-0.05, 0) is 55.9 Å². The lowest BCUT2D eigenvalue weighted by Crippen LogP contribution is -2.36. The molecule has 0 atom stereocenters. The van der Waals surface area contributed by atoms with Gasteiger partial charge in [-0.25, -0.2) is 0 Å². The lowest BCUT2D eigenvalue weighted by Gasteiger charge is -2.29. The molecule has 172 valence electrons. The van der Waals surface area contributed by atoms with Crippen LogP contribution in [0.1, 0.15) is 31.2 Å². The number of nitrogens with zero attached hydrogens (tertiary/aromatic N) is 5. The molecule has 8 heteroatoms. The molecule has 0 unspecified atom stereocenters. The molecule has 0 radical (unpaired) electrons. The molecule has 1 fully saturated rings. The van der Waals surface area contributed by atoms with Gasteiger partial charge < -0.3 is 14.5 Å². The Morgan fingerprint density at radius 1 is 0.939 bits per heavy atom. The van der Waals surface area contributed by atoms with Gasteiger partial charge in [0.2, 0.25) is 11.9 Å². The van der Waals surface area contributed by atoms with E-state index >= 15 is 0 Å². The van der Waals surface area contributed by atoms with Crippen LogP contribution in [-0.4, -0.2) is 53.2 Å². The van der Waals surface area contributed by atoms with Gasteiger partial charge in [0, 0.05) is 25.3 Å². The van der Waals surface area contributed by atoms with Crippen LogP contribution in [0.25, 0.3) is 5.69 Å². The van der Waals surface area contributed by atoms with Crippen LogP contribution >= 0.6 is 11.8 Å². The van der Waals surface area contributed by atoms with Crippen molar-refractivity contribution in [1.82, 2.24) is 14.8 Å². The number of hydrogen-bond donors (Lipinski definition) is 0. The number of aryl methyl sites for hydroxylation is 1. The summed E-state index contributed by atoms with van der Waals surface area (Å²) >= 11 is 1.44. The van der Waals surface area contributed by atoms with Crippen LogP contribution in [0.4, 0.5) is 11.6 Å². The molecule has 3 aromatic rings. The van der Waals surface area contributed by atoms with E-state index in [1.54, 1.807) is 7.11 Å². The third kappa shape index (κ3) is 4.44. The van der Waals surface area contributed by atoms with Crippen molar-refractivity contribution in [2.45, 2.75) is 37.3 Å². The highest BCUT2D eigenvalue weighted by molar-refractivity contribution is 7.99. The minimum absolute atomic E-state index is 0.0984. The first-order valence-electron chi connectivity index (χ1n) is 11.6. The molecule has 2 aromatic carbocycles. The summed E-state index contributed by atoms with van der Waals surface area (Å²) in [6, 6.07) is 16.1. The second kappa shape index (κ2) is 9.87. The van der Waals surface area contributed by atoms with E-state index in [2.05, 4.69) is 21.2 Å². The van der Waals surface area contributed by atoms with Gasteiger partial charge in [0.1, 0.15) is 5.75 Å². The zero-order valence-electron chi connectivity index (χ0n) is 18.9. The molecule has 0 bridgehead atoms. The first-order chi connectivity index (χ1) is 16.3. The van der Waals surface area contributed by atoms with E-state index in [1.165, 1.54) is 23.7 Å². The van der Waals surface area contributed by atoms with E-state index in [0.717, 1.165) is 68.4 Å². The third-order valence-corrected chi connectivity index (χ3v) is 7.23. The highest BCUT2D eigenvalue weighted by Crippen LogP contribution is 2.33. The Kier molecular flexibility index (Phi) is 6.53. The molecular weight excluding hydrogens is 434 g/mol. The van der Waals surface area contributed by atoms with E-state index in [0.29, 0.717) is 10.9 Å². The van der Waals surface area contributed by atoms with Crippen molar-refractivity contribution in [3.8, 4) is 11.4 Å². The summed E-state index contributed by atoms with van der Waals surface area (Å²) in [5.41, 5.74) is 3.17. The number of rotatable bonds is 6. The predicted molar refractivity (Wildman–Crippen MR) is 132 cm³/mol. The number of fused-ring (bicyclic) bond motifs is 1. The molecule has 1 amide bonds. The lowest BCUT2D eigenvalue weighted by atomic mass is 10.0. The molecule has 33 heavy (non-hydrogen) atoms. The summed E-state index contributed by atoms with van der Waals surface area (Å²) in [5, 5.41) is 9.78. The standard InChI is InChI=1S/C25H29N5O2S/c1-32-22-14-6-5-13-21(22)30-24(28-15-7-2-8-16-28)26-27-25(30)33-18-23(31)29-17-9-11-19-10-3-4-12-20(19)29/h3-6,10,12-14H,2,7-9,11,15-18H2,1H3. The van der Waals surface area contributed by atoms with Gasteiger partial charge >= 0.3 is 0 Å². The van der Waals surface area contributed by atoms with Crippen LogP contribution in [0.5, 0.6) is 5.75 Å². The Labute approximate surface area is 198 Å². The fourth-order valence-corrected chi connectivity index (χ4v) is 5.49. The molecule has 0 aliphatic carbocycles. The molecular formula is C25H29N5O2S. The topological polar surface area (TPSA) is 63.5 Å². The number of benzene rings is 2. The Morgan fingerprint density at radius 2 is 1.70 bits per heavy atom. The number of carbonyl (C=O) groups is 1. The van der Waals surface area contributed by atoms with Crippen molar-refractivity contribution in [2.24, 2.45) is 0 Å². The lowest BCUT2D eigenvalue weighted by molar-refractivity contribution is -0.116. The normalized spacial score (nSPS) is 15.9. The number of thioether (sulfide) groups is 1. The van der Waals surface area contributed by atoms with Gasteiger partial charge in [0.15, 0.2) is 5.16 Å². The van der Waals surface area contributed by atoms with Gasteiger partial charge in [0.25, 0.3) is 0 Å². The van der Waals surface area contributed by atoms with E-state index in [-0.39, 0.29) is 5.91 Å². The first-order valence-corrected chi connectivity index (χ1v) is 12.6. The second-order valence-corrected chi connectivity index (χ2v) is 9.35. The van der Waals surface area contributed by atoms with Gasteiger partial charge in [-0.1, -0.05) is 42.1 Å². The number of aromatic nitrogens is 3. The maximum Gasteiger partial charge on any atom is 0.237 e. The number of methoxy groups -OCH3 is 1. The van der Waals surface area contributed by atoms with Crippen LogP contribution in [-0.2, 0) is 11.2 Å². The Bertz CT molecular complexity index is 1130. The Morgan fingerprint density at radius 3 is 2.52 bits per heavy atom. The molecule has 0 spiro atoms. The van der Waals surface area contributed by atoms with Crippen molar-refractivity contribution < 1.29 is 9.53 Å². The van der Waals surface area contributed by atoms with Gasteiger partial charge in [0.05, 0.1) is 18.6 Å². The van der Waals surface area contributed by atoms with Gasteiger partial charge in [-0.3, -0.25) is 9.36 Å². The fraction of sp³-hybridized carbons (Fsp3) is 0.400. The summed E-state index contributed by atoms with van der Waals surface area (Å²) in [4.78, 5) is 17.4. The average Bonchev–Trinajstić information content (AvgIpc) is 3.31. The zero-order valence-corrected chi connectivity index (χ0v) is 19.8. The van der Waals surface area contributed by atoms with Crippen molar-refractivity contribution >= 4 is 29.3 Å². The maximum atomic E-state index is 13.2. The van der Waals surface area contributed by atoms with Crippen LogP contribution in [0.2, 0.25) is 0 Å². The molecule has 5 rings (SSSR count). The average molecular weight is 464 g/mol. The number of para-hydroxylation sites is 3. The molecule has 2 aliphatic rings. The molecule has 0 N–H and O–H groups in total. The van der Waals surface area contributed by atoms with Crippen molar-refractivity contribution in [3.63, 3.8) is 0 Å². The van der Waals surface area contributed by atoms with Crippen LogP contribution in [0, 0.1) is 0 Å². The van der Waals surface area contributed by atoms with Gasteiger partial charge in [-0.2, -0.15) is 0 Å². The Hall–Kier alpha value is -3.00. The van der Waals surface area contributed by atoms with E-state index < -0.39 is 0 Å². The highest BCUT2D eigenvalue weighted by Gasteiger charge is 2.26. The second-order valence-electron chi connectivity index (χ2n) is 8.40. The van der Waals surface area contributed by atoms with Crippen molar-refractivity contribution in [3.05, 3.63) is 54.1 Å². The molecule has 7 nitrogen and oxygen atoms in total. The molecule has 3 heterocycles. The van der Waals surface area contributed by atoms with Crippen LogP contribution in [0.3, 0.4) is 0 Å². The number of piperidine rings is 1. The quantitative estimate of drug-likeness (QED) is 0.507. The maximum absolute atomic E-state index is 13.2. The summed E-state index contributed by atoms with van der Waals surface area (Å²) in [7, 11) is 1.67. The predicted octanol–water partition coefficient (Wildman–Crippen LogP) is 4.34. The smallest absolute Gasteiger partial charge is 0.237 e. The number of hydrogen-bond acceptors (Lipinski definition) is 6. The highest BCUT2D eigenvalue weighted by atomic mass is 32.2. The molecule has 2 aliphatic heterocycles. The summed E-state index contributed by atoms with van der Waals surface area (Å²) in [6.45, 7) is 2.68. The molecule has 0 saturated carbocycles. The summed E-state index contributed by atoms with van der Waals surface area (Å²) in [6.07, 6.45) is 5.55. The van der Waals surface area contributed by atoms with E-state index in [4.69, 9.17) is 4.74 Å². The molecule has 1 aromatic heterocycles. The van der Waals surface area contributed by atoms with Crippen LogP contribution in [0.15, 0.2) is 53.7 Å². The third-order valence-electron chi connectivity index (χ3n) is 6.32. The monoisotopic (exact) mass is 463 g/mol. The van der Waals surface area contributed by atoms with Crippen molar-refractivity contribution in [2.75, 3.05) is 42.3 Å². The number of ether oxygens (including phenoxy) is 1. The minimum atomic E-state index is 0.0984. The fourth-order valence-electron chi connectivity index (χ4n) is 4.68. The van der Waals surface area contributed by atoms with E-state index in [1.807, 2.05) is 51.9 Å². The number of amides is 1. The Balaban J connectivity index is 1.43. The van der Waals surface area contributed by atoms with Crippen molar-refractivity contribution in [1.29, 1.82) is 0 Å². The number of carbonyl (C=O) groups excluding carboxylic acids is 1. The number of anilines is 2. The summed E-state index contributed by atoms with van der Waals surface area (Å²) in [5.74, 6) is 1.98. The molecule has 1 saturated heterocycles. The minimum Gasteiger partial charge on any atom is -0.495 e. The van der Waals surface area contributed by atoms with Gasteiger partial charge in [-0.15, -0.1) is 10.2 Å². The van der Waals surface area contributed by atoms with Crippen LogP contribution < -0.4 is 14.5 Å². The first kappa shape index (κ1) is 21.8. The zero-order chi connectivity index (χ0) is 22.6. The summed E-state index contributed by atoms with van der Waals surface area (Å²) < 4.78 is 7.69. The SMILES string of the molecule is COc1ccccc1-n1c(SCC(=O)N2CCCc3ccccc32)nnc1N1CCCCC1.